The Bertz CT molecular complexity index is 3480. The second-order valence-corrected chi connectivity index (χ2v) is 18.9. The highest BCUT2D eigenvalue weighted by Crippen LogP contribution is 2.43. The van der Waals surface area contributed by atoms with Crippen LogP contribution in [0.3, 0.4) is 0 Å². The van der Waals surface area contributed by atoms with E-state index in [0.29, 0.717) is 36.4 Å². The molecule has 0 spiro atoms. The van der Waals surface area contributed by atoms with Crippen molar-refractivity contribution in [1.29, 1.82) is 0 Å². The standard InChI is InChI=1S/C62H60N4O2.C7H8.C2H6.2C2H2/c1-7-10-23-46(5)65(56-39-36-51-28-20-21-29-52(51)37-40-56)47(6)34-35-50(9-3)57-44-63(42-48-24-14-11-15-25-48)61(67)59-58(57)62(68)64(43-49-26-16-12-17-27-49)60(59)53-30-22-33-55(41-38-53)66(45(4)8-2)54-31-18-13-19-32-54;1-7-5-3-2-4-6-7;3*1-2/h7-21,23-39,41H,3,22,40,42-44H2,1-2,4-6H3;2-5H,1,6H2;1-2H3;2*1-2H/b10-7-,45-8+,46-23+,47-34+,50-35+;;;;. The summed E-state index contributed by atoms with van der Waals surface area (Å²) >= 11 is 0. The molecule has 81 heavy (non-hydrogen) atoms. The second-order valence-electron chi connectivity index (χ2n) is 18.9. The molecule has 0 unspecified atom stereocenters. The molecule has 410 valence electrons. The predicted molar refractivity (Wildman–Crippen MR) is 344 cm³/mol. The Morgan fingerprint density at radius 2 is 1.26 bits per heavy atom. The number of fused-ring (bicyclic) bond motifs is 2. The van der Waals surface area contributed by atoms with Crippen LogP contribution in [0.25, 0.3) is 12.2 Å². The number of hydrogen-bond acceptors (Lipinski definition) is 4. The quantitative estimate of drug-likeness (QED) is 0.0879. The molecule has 4 aromatic rings. The van der Waals surface area contributed by atoms with Gasteiger partial charge in [0.25, 0.3) is 11.8 Å². The first-order valence-corrected chi connectivity index (χ1v) is 27.6. The van der Waals surface area contributed by atoms with Crippen molar-refractivity contribution in [3.05, 3.63) is 315 Å². The predicted octanol–water partition coefficient (Wildman–Crippen LogP) is 15.8. The van der Waals surface area contributed by atoms with Gasteiger partial charge >= 0.3 is 0 Å². The first kappa shape index (κ1) is 62.2. The SMILES string of the molecule is C#C.C#C.C=C/C(=C\C=C(/C)N(C1=CC=c2ccccc2=CC1)/C(C)=C/C=C\C)C1=C2C(=O)N(Cc3ccccc3)C(C3=CCC=C(N(/C(C)=C/C)c4ccccc4)C=C3)=C2C(=O)N(Cc2ccccc2)C1.C=C1C=CC=CC1.CC. The number of carbonyl (C=O) groups is 2. The third-order valence-electron chi connectivity index (χ3n) is 13.7. The maximum atomic E-state index is 15.4. The maximum absolute atomic E-state index is 15.4. The number of amides is 2. The Morgan fingerprint density at radius 1 is 0.642 bits per heavy atom. The minimum Gasteiger partial charge on any atom is -0.330 e. The zero-order valence-electron chi connectivity index (χ0n) is 48.4. The van der Waals surface area contributed by atoms with Crippen LogP contribution in [-0.4, -0.2) is 33.1 Å². The fourth-order valence-corrected chi connectivity index (χ4v) is 9.85. The highest BCUT2D eigenvalue weighted by molar-refractivity contribution is 6.18. The van der Waals surface area contributed by atoms with E-state index in [9.17, 15) is 0 Å². The Morgan fingerprint density at radius 3 is 1.85 bits per heavy atom. The molecule has 3 aliphatic carbocycles. The van der Waals surface area contributed by atoms with Gasteiger partial charge in [-0.05, 0) is 122 Å². The summed E-state index contributed by atoms with van der Waals surface area (Å²) in [5, 5.41) is 2.39. The van der Waals surface area contributed by atoms with E-state index in [2.05, 4.69) is 185 Å². The number of hydrogen-bond donors (Lipinski definition) is 0. The molecule has 0 atom stereocenters. The molecule has 4 aromatic carbocycles. The average Bonchev–Trinajstić information content (AvgIpc) is 3.96. The number of carbonyl (C=O) groups excluding carboxylic acids is 2. The Balaban J connectivity index is 0.000000836. The van der Waals surface area contributed by atoms with E-state index in [1.54, 1.807) is 0 Å². The summed E-state index contributed by atoms with van der Waals surface area (Å²) in [5.74, 6) is -0.368. The van der Waals surface area contributed by atoms with Gasteiger partial charge in [0.2, 0.25) is 0 Å². The topological polar surface area (TPSA) is 47.1 Å². The van der Waals surface area contributed by atoms with Crippen molar-refractivity contribution in [2.24, 2.45) is 0 Å². The van der Waals surface area contributed by atoms with Gasteiger partial charge in [-0.25, -0.2) is 0 Å². The lowest BCUT2D eigenvalue weighted by Crippen LogP contribution is -2.39. The molecule has 5 aliphatic rings. The zero-order valence-corrected chi connectivity index (χ0v) is 48.4. The molecular weight excluding hydrogens is 989 g/mol. The van der Waals surface area contributed by atoms with Crippen LogP contribution in [0.2, 0.25) is 0 Å². The Hall–Kier alpha value is -9.62. The van der Waals surface area contributed by atoms with Crippen LogP contribution in [0, 0.1) is 25.7 Å². The number of para-hydroxylation sites is 1. The summed E-state index contributed by atoms with van der Waals surface area (Å²) in [6.07, 6.45) is 56.0. The molecule has 0 N–H and O–H groups in total. The van der Waals surface area contributed by atoms with Crippen LogP contribution in [0.5, 0.6) is 0 Å². The van der Waals surface area contributed by atoms with E-state index < -0.39 is 0 Å². The van der Waals surface area contributed by atoms with Gasteiger partial charge in [-0.3, -0.25) is 9.59 Å². The van der Waals surface area contributed by atoms with Gasteiger partial charge in [-0.15, -0.1) is 25.7 Å². The molecule has 0 radical (unpaired) electrons. The summed E-state index contributed by atoms with van der Waals surface area (Å²) in [5.41, 5.74) is 13.3. The van der Waals surface area contributed by atoms with Gasteiger partial charge in [0, 0.05) is 53.7 Å². The van der Waals surface area contributed by atoms with E-state index in [0.717, 1.165) is 74.9 Å². The van der Waals surface area contributed by atoms with Gasteiger partial charge in [0.1, 0.15) is 0 Å². The molecular formula is C75H78N4O2. The fourth-order valence-electron chi connectivity index (χ4n) is 9.85. The van der Waals surface area contributed by atoms with Gasteiger partial charge < -0.3 is 19.6 Å². The minimum atomic E-state index is -0.196. The number of rotatable bonds is 15. The third kappa shape index (κ3) is 16.0. The highest BCUT2D eigenvalue weighted by atomic mass is 16.2. The average molecular weight is 1070 g/mol. The van der Waals surface area contributed by atoms with E-state index in [1.807, 2.05) is 147 Å². The van der Waals surface area contributed by atoms with E-state index in [4.69, 9.17) is 0 Å². The first-order valence-electron chi connectivity index (χ1n) is 27.6. The van der Waals surface area contributed by atoms with Gasteiger partial charge in [0.05, 0.1) is 23.4 Å². The van der Waals surface area contributed by atoms with Crippen molar-refractivity contribution in [2.75, 3.05) is 11.4 Å². The van der Waals surface area contributed by atoms with Gasteiger partial charge in [-0.1, -0.05) is 221 Å². The second kappa shape index (κ2) is 32.3. The minimum absolute atomic E-state index is 0.172. The monoisotopic (exact) mass is 1070 g/mol. The molecule has 0 saturated heterocycles. The van der Waals surface area contributed by atoms with Crippen LogP contribution >= 0.6 is 0 Å². The Labute approximate surface area is 484 Å². The third-order valence-corrected chi connectivity index (χ3v) is 13.7. The zero-order chi connectivity index (χ0) is 58.7. The largest absolute Gasteiger partial charge is 0.330 e. The van der Waals surface area contributed by atoms with Crippen molar-refractivity contribution in [3.8, 4) is 25.7 Å². The van der Waals surface area contributed by atoms with E-state index >= 15 is 9.59 Å². The van der Waals surface area contributed by atoms with Crippen LogP contribution in [0.4, 0.5) is 5.69 Å². The van der Waals surface area contributed by atoms with Crippen molar-refractivity contribution < 1.29 is 9.59 Å². The van der Waals surface area contributed by atoms with Crippen LogP contribution < -0.4 is 15.3 Å². The number of allylic oxidation sites excluding steroid dienone is 21. The molecule has 2 heterocycles. The molecule has 6 nitrogen and oxygen atoms in total. The Kier molecular flexibility index (Phi) is 24.8. The number of nitrogens with zero attached hydrogens (tertiary/aromatic N) is 4. The number of benzene rings is 4. The van der Waals surface area contributed by atoms with Crippen LogP contribution in [-0.2, 0) is 22.7 Å². The summed E-state index contributed by atoms with van der Waals surface area (Å²) in [7, 11) is 0. The van der Waals surface area contributed by atoms with Crippen LogP contribution in [0.15, 0.2) is 293 Å². The molecule has 0 aromatic heterocycles. The van der Waals surface area contributed by atoms with Crippen LogP contribution in [0.1, 0.15) is 78.9 Å². The molecule has 6 heteroatoms. The number of terminal acetylenes is 2. The lowest BCUT2D eigenvalue weighted by atomic mass is 9.88. The molecule has 0 fully saturated rings. The van der Waals surface area contributed by atoms with Crippen molar-refractivity contribution in [1.82, 2.24) is 14.7 Å². The first-order chi connectivity index (χ1) is 39.6. The highest BCUT2D eigenvalue weighted by Gasteiger charge is 2.46. The van der Waals surface area contributed by atoms with Crippen molar-refractivity contribution in [2.45, 2.75) is 80.8 Å². The van der Waals surface area contributed by atoms with Crippen molar-refractivity contribution in [3.63, 3.8) is 0 Å². The molecule has 2 amide bonds. The molecule has 0 bridgehead atoms. The summed E-state index contributed by atoms with van der Waals surface area (Å²) in [6.45, 7) is 23.4. The van der Waals surface area contributed by atoms with Gasteiger partial charge in [0.15, 0.2) is 0 Å². The van der Waals surface area contributed by atoms with Crippen molar-refractivity contribution >= 4 is 29.7 Å². The fraction of sp³-hybridized carbons (Fsp3) is 0.173. The van der Waals surface area contributed by atoms with E-state index in [-0.39, 0.29) is 18.4 Å². The molecule has 0 saturated carbocycles. The number of anilines is 1. The summed E-state index contributed by atoms with van der Waals surface area (Å²) in [6, 6.07) is 38.9. The maximum Gasteiger partial charge on any atom is 0.259 e. The van der Waals surface area contributed by atoms with Gasteiger partial charge in [-0.2, -0.15) is 0 Å². The molecule has 2 aliphatic heterocycles. The normalized spacial score (nSPS) is 15.9. The van der Waals surface area contributed by atoms with E-state index in [1.165, 1.54) is 16.0 Å². The molecule has 9 rings (SSSR count). The lowest BCUT2D eigenvalue weighted by Gasteiger charge is -2.31. The lowest BCUT2D eigenvalue weighted by molar-refractivity contribution is -0.128. The smallest absolute Gasteiger partial charge is 0.259 e. The summed E-state index contributed by atoms with van der Waals surface area (Å²) < 4.78 is 0. The summed E-state index contributed by atoms with van der Waals surface area (Å²) in [4.78, 5) is 39.0.